The molecule has 270 valence electrons. The van der Waals surface area contributed by atoms with Gasteiger partial charge in [-0.2, -0.15) is 5.10 Å². The predicted octanol–water partition coefficient (Wildman–Crippen LogP) is 4.21. The van der Waals surface area contributed by atoms with Crippen molar-refractivity contribution in [2.75, 3.05) is 45.1 Å². The van der Waals surface area contributed by atoms with Crippen LogP contribution in [0, 0.1) is 11.8 Å². The summed E-state index contributed by atoms with van der Waals surface area (Å²) in [6.07, 6.45) is 2.83. The van der Waals surface area contributed by atoms with E-state index in [4.69, 9.17) is 32.2 Å². The molecule has 13 nitrogen and oxygen atoms in total. The van der Waals surface area contributed by atoms with E-state index in [0.717, 1.165) is 38.4 Å². The molecule has 1 amide bonds. The Balaban J connectivity index is 1.17. The van der Waals surface area contributed by atoms with Crippen molar-refractivity contribution in [3.05, 3.63) is 105 Å². The molecule has 1 saturated heterocycles. The molecule has 6 aromatic rings. The van der Waals surface area contributed by atoms with Crippen molar-refractivity contribution in [1.29, 1.82) is 0 Å². The molecule has 14 heteroatoms. The SMILES string of the molecule is Nc1ncnc2c1c(-c1ccc(O)cc1)nn2Cc1nc2cccc(C#CCCCC(=O)NCCN3CCOCC3)c2c(=O)n1Cc1ccccc1Cl. The first-order chi connectivity index (χ1) is 25.9. The van der Waals surface area contributed by atoms with Gasteiger partial charge < -0.3 is 20.9 Å². The van der Waals surface area contributed by atoms with Crippen LogP contribution in [0.1, 0.15) is 36.2 Å². The highest BCUT2D eigenvalue weighted by Gasteiger charge is 2.21. The Bertz CT molecular complexity index is 2390. The number of phenols is 1. The number of carbonyl (C=O) groups is 1. The van der Waals surface area contributed by atoms with E-state index in [9.17, 15) is 14.7 Å². The lowest BCUT2D eigenvalue weighted by atomic mass is 10.1. The van der Waals surface area contributed by atoms with Crippen molar-refractivity contribution < 1.29 is 14.6 Å². The summed E-state index contributed by atoms with van der Waals surface area (Å²) in [6.45, 7) is 4.87. The second kappa shape index (κ2) is 16.2. The zero-order valence-corrected chi connectivity index (χ0v) is 29.7. The number of halogens is 1. The lowest BCUT2D eigenvalue weighted by Gasteiger charge is -2.26. The monoisotopic (exact) mass is 731 g/mol. The summed E-state index contributed by atoms with van der Waals surface area (Å²) in [6, 6.07) is 19.4. The van der Waals surface area contributed by atoms with Gasteiger partial charge in [0.05, 0.1) is 36.0 Å². The van der Waals surface area contributed by atoms with Crippen LogP contribution in [-0.2, 0) is 22.6 Å². The maximum Gasteiger partial charge on any atom is 0.263 e. The summed E-state index contributed by atoms with van der Waals surface area (Å²) in [4.78, 5) is 42.8. The predicted molar refractivity (Wildman–Crippen MR) is 203 cm³/mol. The quantitative estimate of drug-likeness (QED) is 0.130. The Hall–Kier alpha value is -5.81. The third-order valence-corrected chi connectivity index (χ3v) is 9.49. The molecule has 0 unspecified atom stereocenters. The van der Waals surface area contributed by atoms with Crippen LogP contribution < -0.4 is 16.6 Å². The minimum absolute atomic E-state index is 0.00120. The molecule has 1 aliphatic rings. The van der Waals surface area contributed by atoms with Gasteiger partial charge in [0, 0.05) is 55.2 Å². The summed E-state index contributed by atoms with van der Waals surface area (Å²) >= 11 is 6.59. The lowest BCUT2D eigenvalue weighted by Crippen LogP contribution is -2.41. The number of hydrogen-bond acceptors (Lipinski definition) is 10. The van der Waals surface area contributed by atoms with Crippen molar-refractivity contribution in [3.8, 4) is 28.8 Å². The van der Waals surface area contributed by atoms with Gasteiger partial charge in [0.15, 0.2) is 5.65 Å². The fourth-order valence-corrected chi connectivity index (χ4v) is 6.55. The average Bonchev–Trinajstić information content (AvgIpc) is 3.53. The molecule has 3 aromatic carbocycles. The average molecular weight is 732 g/mol. The number of fused-ring (bicyclic) bond motifs is 2. The summed E-state index contributed by atoms with van der Waals surface area (Å²) in [5.74, 6) is 7.12. The number of nitrogens with one attached hydrogen (secondary N) is 1. The van der Waals surface area contributed by atoms with Gasteiger partial charge in [-0.1, -0.05) is 47.7 Å². The number of morpholine rings is 1. The highest BCUT2D eigenvalue weighted by atomic mass is 35.5. The maximum atomic E-state index is 14.5. The third kappa shape index (κ3) is 8.15. The van der Waals surface area contributed by atoms with Crippen LogP contribution in [-0.4, -0.2) is 84.6 Å². The van der Waals surface area contributed by atoms with Crippen LogP contribution in [0.15, 0.2) is 77.9 Å². The minimum atomic E-state index is -0.279. The van der Waals surface area contributed by atoms with Crippen LogP contribution in [0.4, 0.5) is 5.82 Å². The fraction of sp³-hybridized carbons (Fsp3) is 0.282. The number of carbonyl (C=O) groups excluding carboxylic acids is 1. The molecular weight excluding hydrogens is 694 g/mol. The number of nitrogens with zero attached hydrogens (tertiary/aromatic N) is 7. The van der Waals surface area contributed by atoms with E-state index in [1.807, 2.05) is 24.3 Å². The van der Waals surface area contributed by atoms with E-state index < -0.39 is 0 Å². The Labute approximate surface area is 310 Å². The van der Waals surface area contributed by atoms with Crippen molar-refractivity contribution in [1.82, 2.24) is 39.5 Å². The maximum absolute atomic E-state index is 14.5. The molecule has 0 bridgehead atoms. The van der Waals surface area contributed by atoms with Crippen molar-refractivity contribution in [3.63, 3.8) is 0 Å². The Morgan fingerprint density at radius 1 is 1.00 bits per heavy atom. The second-order valence-electron chi connectivity index (χ2n) is 12.7. The Morgan fingerprint density at radius 2 is 1.81 bits per heavy atom. The van der Waals surface area contributed by atoms with Crippen LogP contribution >= 0.6 is 11.6 Å². The molecule has 3 aromatic heterocycles. The number of anilines is 1. The number of rotatable bonds is 11. The van der Waals surface area contributed by atoms with Crippen LogP contribution in [0.3, 0.4) is 0 Å². The number of nitrogens with two attached hydrogens (primary N) is 1. The molecule has 0 atom stereocenters. The van der Waals surface area contributed by atoms with E-state index in [1.54, 1.807) is 51.7 Å². The van der Waals surface area contributed by atoms with Gasteiger partial charge in [-0.25, -0.2) is 19.6 Å². The van der Waals surface area contributed by atoms with Crippen LogP contribution in [0.5, 0.6) is 5.75 Å². The number of nitrogen functional groups attached to an aromatic ring is 1. The molecule has 1 aliphatic heterocycles. The van der Waals surface area contributed by atoms with E-state index in [-0.39, 0.29) is 36.1 Å². The zero-order chi connectivity index (χ0) is 36.7. The first-order valence-electron chi connectivity index (χ1n) is 17.4. The number of aromatic nitrogens is 6. The molecular formula is C39H38ClN9O4. The van der Waals surface area contributed by atoms with Crippen molar-refractivity contribution >= 4 is 45.3 Å². The number of phenolic OH excluding ortho intramolecular Hbond substituents is 1. The summed E-state index contributed by atoms with van der Waals surface area (Å²) in [7, 11) is 0. The number of aromatic hydroxyl groups is 1. The number of benzene rings is 3. The van der Waals surface area contributed by atoms with Gasteiger partial charge in [-0.05, 0) is 54.4 Å². The standard InChI is InChI=1S/C39H38ClN9O4/c40-30-10-5-4-8-28(30)23-48-32(24-49-38-35(37(41)43-25-44-38)36(46-49)27-13-15-29(50)16-14-27)45-31-11-6-9-26(34(31)39(48)52)7-2-1-3-12-33(51)42-17-18-47-19-21-53-22-20-47/h4-6,8-11,13-16,25,50H,1,3,12,17-24H2,(H,42,51)(H2,41,43,44). The molecule has 7 rings (SSSR count). The largest absolute Gasteiger partial charge is 0.508 e. The molecule has 4 heterocycles. The summed E-state index contributed by atoms with van der Waals surface area (Å²) < 4.78 is 8.61. The van der Waals surface area contributed by atoms with Gasteiger partial charge in [0.25, 0.3) is 5.56 Å². The van der Waals surface area contributed by atoms with Gasteiger partial charge >= 0.3 is 0 Å². The molecule has 0 radical (unpaired) electrons. The summed E-state index contributed by atoms with van der Waals surface area (Å²) in [5.41, 5.74) is 9.53. The Morgan fingerprint density at radius 3 is 2.62 bits per heavy atom. The van der Waals surface area contributed by atoms with Gasteiger partial charge in [-0.3, -0.25) is 19.1 Å². The molecule has 0 saturated carbocycles. The first kappa shape index (κ1) is 35.6. The Kier molecular flexibility index (Phi) is 10.9. The highest BCUT2D eigenvalue weighted by molar-refractivity contribution is 6.31. The molecule has 0 aliphatic carbocycles. The van der Waals surface area contributed by atoms with E-state index in [1.165, 1.54) is 6.33 Å². The minimum Gasteiger partial charge on any atom is -0.508 e. The first-order valence-corrected chi connectivity index (χ1v) is 17.8. The van der Waals surface area contributed by atoms with Gasteiger partial charge in [0.2, 0.25) is 5.91 Å². The molecule has 4 N–H and O–H groups in total. The number of amides is 1. The van der Waals surface area contributed by atoms with E-state index in [0.29, 0.717) is 75.4 Å². The smallest absolute Gasteiger partial charge is 0.263 e. The number of unbranched alkanes of at least 4 members (excludes halogenated alkanes) is 1. The van der Waals surface area contributed by atoms with Crippen molar-refractivity contribution in [2.24, 2.45) is 0 Å². The second-order valence-corrected chi connectivity index (χ2v) is 13.1. The van der Waals surface area contributed by atoms with E-state index >= 15 is 0 Å². The lowest BCUT2D eigenvalue weighted by molar-refractivity contribution is -0.121. The van der Waals surface area contributed by atoms with Gasteiger partial charge in [-0.15, -0.1) is 0 Å². The summed E-state index contributed by atoms with van der Waals surface area (Å²) in [5, 5.41) is 19.2. The van der Waals surface area contributed by atoms with Crippen LogP contribution in [0.2, 0.25) is 5.02 Å². The zero-order valence-electron chi connectivity index (χ0n) is 29.0. The number of hydrogen-bond donors (Lipinski definition) is 3. The topological polar surface area (TPSA) is 166 Å². The fourth-order valence-electron chi connectivity index (χ4n) is 6.35. The molecule has 1 fully saturated rings. The number of ether oxygens (including phenoxy) is 1. The highest BCUT2D eigenvalue weighted by Crippen LogP contribution is 2.31. The molecule has 0 spiro atoms. The normalized spacial score (nSPS) is 13.2. The molecule has 53 heavy (non-hydrogen) atoms. The third-order valence-electron chi connectivity index (χ3n) is 9.12. The van der Waals surface area contributed by atoms with Gasteiger partial charge in [0.1, 0.15) is 36.0 Å². The van der Waals surface area contributed by atoms with Crippen molar-refractivity contribution in [2.45, 2.75) is 32.4 Å². The van der Waals surface area contributed by atoms with Crippen LogP contribution in [0.25, 0.3) is 33.2 Å². The van der Waals surface area contributed by atoms with E-state index in [2.05, 4.69) is 32.0 Å².